The monoisotopic (exact) mass is 265 g/mol. The Morgan fingerprint density at radius 2 is 2.06 bits per heavy atom. The maximum absolute atomic E-state index is 9.12. The Bertz CT molecular complexity index is 369. The Labute approximate surface area is 105 Å². The molecule has 1 aromatic rings. The SMILES string of the molecule is Cl.Cl.NN=C(N)NN=Cc1cccc(O)c1. The quantitative estimate of drug-likeness (QED) is 0.268. The van der Waals surface area contributed by atoms with Crippen molar-refractivity contribution in [2.75, 3.05) is 0 Å². The molecule has 0 aliphatic heterocycles. The lowest BCUT2D eigenvalue weighted by atomic mass is 10.2. The number of phenolic OH excluding ortho intramolecular Hbond substituents is 1. The van der Waals surface area contributed by atoms with E-state index in [2.05, 4.69) is 15.6 Å². The lowest BCUT2D eigenvalue weighted by molar-refractivity contribution is 0.475. The minimum absolute atomic E-state index is 0. The Hall–Kier alpha value is -1.66. The molecule has 0 fully saturated rings. The average molecular weight is 266 g/mol. The van der Waals surface area contributed by atoms with Crippen molar-refractivity contribution >= 4 is 37.0 Å². The van der Waals surface area contributed by atoms with E-state index in [1.54, 1.807) is 24.3 Å². The summed E-state index contributed by atoms with van der Waals surface area (Å²) in [5, 5.41) is 16.0. The minimum atomic E-state index is 0. The van der Waals surface area contributed by atoms with Crippen LogP contribution in [-0.4, -0.2) is 17.3 Å². The molecule has 0 unspecified atom stereocenters. The first-order valence-electron chi connectivity index (χ1n) is 3.84. The molecule has 90 valence electrons. The van der Waals surface area contributed by atoms with Crippen molar-refractivity contribution in [2.24, 2.45) is 21.8 Å². The summed E-state index contributed by atoms with van der Waals surface area (Å²) >= 11 is 0. The zero-order chi connectivity index (χ0) is 10.4. The average Bonchev–Trinajstić information content (AvgIpc) is 2.17. The highest BCUT2D eigenvalue weighted by atomic mass is 35.5. The van der Waals surface area contributed by atoms with Crippen LogP contribution in [0.3, 0.4) is 0 Å². The number of guanidine groups is 1. The summed E-state index contributed by atoms with van der Waals surface area (Å²) in [6.45, 7) is 0. The molecule has 0 saturated carbocycles. The lowest BCUT2D eigenvalue weighted by Crippen LogP contribution is -2.28. The molecule has 0 radical (unpaired) electrons. The Morgan fingerprint density at radius 1 is 1.38 bits per heavy atom. The molecule has 0 heterocycles. The molecule has 0 aromatic heterocycles. The Balaban J connectivity index is 0. The van der Waals surface area contributed by atoms with E-state index >= 15 is 0 Å². The van der Waals surface area contributed by atoms with Crippen molar-refractivity contribution in [1.82, 2.24) is 5.43 Å². The van der Waals surface area contributed by atoms with Gasteiger partial charge in [0.2, 0.25) is 5.96 Å². The number of nitrogens with zero attached hydrogens (tertiary/aromatic N) is 2. The highest BCUT2D eigenvalue weighted by Crippen LogP contribution is 2.08. The van der Waals surface area contributed by atoms with Gasteiger partial charge in [-0.25, -0.2) is 5.43 Å². The normalized spacial score (nSPS) is 10.4. The van der Waals surface area contributed by atoms with E-state index in [9.17, 15) is 0 Å². The zero-order valence-electron chi connectivity index (χ0n) is 8.20. The predicted molar refractivity (Wildman–Crippen MR) is 69.1 cm³/mol. The van der Waals surface area contributed by atoms with Gasteiger partial charge < -0.3 is 16.7 Å². The molecule has 16 heavy (non-hydrogen) atoms. The summed E-state index contributed by atoms with van der Waals surface area (Å²) in [6.07, 6.45) is 1.48. The summed E-state index contributed by atoms with van der Waals surface area (Å²) < 4.78 is 0. The number of rotatable bonds is 2. The molecule has 0 saturated heterocycles. The van der Waals surface area contributed by atoms with Gasteiger partial charge in [0.1, 0.15) is 5.75 Å². The van der Waals surface area contributed by atoms with Gasteiger partial charge in [-0.1, -0.05) is 12.1 Å². The number of hydrogen-bond acceptors (Lipinski definition) is 4. The summed E-state index contributed by atoms with van der Waals surface area (Å²) in [6, 6.07) is 6.61. The molecule has 1 aromatic carbocycles. The molecule has 8 heteroatoms. The van der Waals surface area contributed by atoms with Crippen LogP contribution >= 0.6 is 24.8 Å². The molecule has 0 aliphatic rings. The van der Waals surface area contributed by atoms with Gasteiger partial charge in [0.15, 0.2) is 0 Å². The van der Waals surface area contributed by atoms with Crippen LogP contribution in [0.1, 0.15) is 5.56 Å². The van der Waals surface area contributed by atoms with Crippen molar-refractivity contribution in [3.05, 3.63) is 29.8 Å². The summed E-state index contributed by atoms with van der Waals surface area (Å²) in [4.78, 5) is 0. The Morgan fingerprint density at radius 3 is 2.62 bits per heavy atom. The van der Waals surface area contributed by atoms with E-state index in [1.807, 2.05) is 0 Å². The van der Waals surface area contributed by atoms with Crippen LogP contribution in [0.4, 0.5) is 0 Å². The molecule has 1 rings (SSSR count). The maximum atomic E-state index is 9.12. The van der Waals surface area contributed by atoms with Gasteiger partial charge in [0.25, 0.3) is 0 Å². The van der Waals surface area contributed by atoms with E-state index < -0.39 is 0 Å². The molecular formula is C8H13Cl2N5O. The van der Waals surface area contributed by atoms with E-state index in [1.165, 1.54) is 6.21 Å². The van der Waals surface area contributed by atoms with Crippen LogP contribution in [0.5, 0.6) is 5.75 Å². The fourth-order valence-electron chi connectivity index (χ4n) is 0.807. The summed E-state index contributed by atoms with van der Waals surface area (Å²) in [5.41, 5.74) is 8.35. The molecule has 0 aliphatic carbocycles. The van der Waals surface area contributed by atoms with E-state index in [0.717, 1.165) is 5.56 Å². The summed E-state index contributed by atoms with van der Waals surface area (Å²) in [7, 11) is 0. The molecule has 0 atom stereocenters. The van der Waals surface area contributed by atoms with Gasteiger partial charge in [-0.3, -0.25) is 0 Å². The van der Waals surface area contributed by atoms with Crippen LogP contribution in [0.2, 0.25) is 0 Å². The molecular weight excluding hydrogens is 253 g/mol. The lowest BCUT2D eigenvalue weighted by Gasteiger charge is -1.96. The number of phenols is 1. The number of nitrogens with one attached hydrogen (secondary N) is 1. The zero-order valence-corrected chi connectivity index (χ0v) is 9.83. The Kier molecular flexibility index (Phi) is 9.04. The largest absolute Gasteiger partial charge is 0.508 e. The third-order valence-electron chi connectivity index (χ3n) is 1.40. The molecule has 0 amide bonds. The van der Waals surface area contributed by atoms with Crippen molar-refractivity contribution in [3.63, 3.8) is 0 Å². The fourth-order valence-corrected chi connectivity index (χ4v) is 0.807. The standard InChI is InChI=1S/C8H11N5O.2ClH/c9-8(12-10)13-11-5-6-2-1-3-7(14)4-6;;/h1-5,14H,10H2,(H3,9,12,13);2*1H. The highest BCUT2D eigenvalue weighted by molar-refractivity contribution is 5.85. The van der Waals surface area contributed by atoms with Gasteiger partial charge in [-0.2, -0.15) is 5.10 Å². The first-order chi connectivity index (χ1) is 6.72. The van der Waals surface area contributed by atoms with Crippen LogP contribution < -0.4 is 17.0 Å². The predicted octanol–water partition coefficient (Wildman–Crippen LogP) is 0.348. The fraction of sp³-hybridized carbons (Fsp3) is 0. The van der Waals surface area contributed by atoms with E-state index in [0.29, 0.717) is 0 Å². The van der Waals surface area contributed by atoms with Crippen LogP contribution in [0.25, 0.3) is 0 Å². The third kappa shape index (κ3) is 5.94. The van der Waals surface area contributed by atoms with Gasteiger partial charge in [0, 0.05) is 0 Å². The van der Waals surface area contributed by atoms with Crippen molar-refractivity contribution in [3.8, 4) is 5.75 Å². The third-order valence-corrected chi connectivity index (χ3v) is 1.40. The number of halogens is 2. The minimum Gasteiger partial charge on any atom is -0.508 e. The number of aromatic hydroxyl groups is 1. The number of hydrazone groups is 2. The van der Waals surface area contributed by atoms with Gasteiger partial charge in [-0.05, 0) is 17.7 Å². The van der Waals surface area contributed by atoms with Crippen LogP contribution in [0.15, 0.2) is 34.5 Å². The second-order valence-corrected chi connectivity index (χ2v) is 2.48. The molecule has 6 N–H and O–H groups in total. The number of benzene rings is 1. The van der Waals surface area contributed by atoms with Crippen molar-refractivity contribution in [2.45, 2.75) is 0 Å². The topological polar surface area (TPSA) is 109 Å². The second kappa shape index (κ2) is 8.63. The van der Waals surface area contributed by atoms with Crippen LogP contribution in [0, 0.1) is 0 Å². The maximum Gasteiger partial charge on any atom is 0.231 e. The van der Waals surface area contributed by atoms with E-state index in [-0.39, 0.29) is 36.5 Å². The van der Waals surface area contributed by atoms with Gasteiger partial charge in [-0.15, -0.1) is 29.9 Å². The smallest absolute Gasteiger partial charge is 0.231 e. The molecule has 0 bridgehead atoms. The first kappa shape index (κ1) is 16.8. The number of nitrogens with two attached hydrogens (primary N) is 2. The van der Waals surface area contributed by atoms with Gasteiger partial charge >= 0.3 is 0 Å². The van der Waals surface area contributed by atoms with Crippen LogP contribution in [-0.2, 0) is 0 Å². The second-order valence-electron chi connectivity index (χ2n) is 2.48. The summed E-state index contributed by atoms with van der Waals surface area (Å²) in [5.74, 6) is 5.05. The molecule has 6 nitrogen and oxygen atoms in total. The van der Waals surface area contributed by atoms with Gasteiger partial charge in [0.05, 0.1) is 6.21 Å². The van der Waals surface area contributed by atoms with E-state index in [4.69, 9.17) is 16.7 Å². The highest BCUT2D eigenvalue weighted by Gasteiger charge is 1.89. The first-order valence-corrected chi connectivity index (χ1v) is 3.84. The molecule has 0 spiro atoms. The van der Waals surface area contributed by atoms with Crippen molar-refractivity contribution in [1.29, 1.82) is 0 Å². The number of hydrogen-bond donors (Lipinski definition) is 4. The van der Waals surface area contributed by atoms with Crippen molar-refractivity contribution < 1.29 is 5.11 Å².